The van der Waals surface area contributed by atoms with Crippen molar-refractivity contribution in [2.45, 2.75) is 19.8 Å². The van der Waals surface area contributed by atoms with E-state index in [2.05, 4.69) is 15.4 Å². The van der Waals surface area contributed by atoms with Gasteiger partial charge in [0.2, 0.25) is 15.9 Å². The van der Waals surface area contributed by atoms with Crippen LogP contribution in [0.25, 0.3) is 0 Å². The van der Waals surface area contributed by atoms with Crippen LogP contribution in [0.1, 0.15) is 19.8 Å². The molecule has 21 heavy (non-hydrogen) atoms. The van der Waals surface area contributed by atoms with E-state index in [9.17, 15) is 13.2 Å². The molecule has 1 aromatic carbocycles. The Morgan fingerprint density at radius 3 is 2.19 bits per heavy atom. The molecule has 0 unspecified atom stereocenters. The van der Waals surface area contributed by atoms with E-state index in [1.807, 2.05) is 6.92 Å². The maximum Gasteiger partial charge on any atom is 0.230 e. The first-order chi connectivity index (χ1) is 9.78. The predicted octanol–water partition coefficient (Wildman–Crippen LogP) is 1.39. The van der Waals surface area contributed by atoms with Gasteiger partial charge in [-0.05, 0) is 50.2 Å². The van der Waals surface area contributed by atoms with Gasteiger partial charge in [-0.2, -0.15) is 0 Å². The number of nitrogens with one attached hydrogen (secondary N) is 3. The van der Waals surface area contributed by atoms with Crippen LogP contribution in [-0.4, -0.2) is 33.7 Å². The lowest BCUT2D eigenvalue weighted by atomic mass is 9.80. The van der Waals surface area contributed by atoms with Gasteiger partial charge in [0.05, 0.1) is 6.26 Å². The molecular formula is C14H21N3O3S. The molecule has 0 saturated carbocycles. The Balaban J connectivity index is 2.01. The summed E-state index contributed by atoms with van der Waals surface area (Å²) >= 11 is 0. The largest absolute Gasteiger partial charge is 0.326 e. The van der Waals surface area contributed by atoms with Crippen LogP contribution in [0.4, 0.5) is 11.4 Å². The van der Waals surface area contributed by atoms with Gasteiger partial charge in [-0.3, -0.25) is 9.52 Å². The van der Waals surface area contributed by atoms with E-state index in [4.69, 9.17) is 0 Å². The Bertz CT molecular complexity index is 605. The van der Waals surface area contributed by atoms with Crippen molar-refractivity contribution in [2.75, 3.05) is 29.4 Å². The first kappa shape index (κ1) is 15.8. The monoisotopic (exact) mass is 311 g/mol. The molecule has 1 aliphatic heterocycles. The zero-order valence-electron chi connectivity index (χ0n) is 12.3. The molecule has 0 bridgehead atoms. The van der Waals surface area contributed by atoms with Crippen molar-refractivity contribution in [1.82, 2.24) is 5.32 Å². The molecule has 2 rings (SSSR count). The Hall–Kier alpha value is -1.60. The van der Waals surface area contributed by atoms with E-state index < -0.39 is 10.0 Å². The van der Waals surface area contributed by atoms with Crippen LogP contribution in [0.2, 0.25) is 0 Å². The number of carbonyl (C=O) groups is 1. The lowest BCUT2D eigenvalue weighted by molar-refractivity contribution is -0.126. The third kappa shape index (κ3) is 4.44. The van der Waals surface area contributed by atoms with Crippen LogP contribution in [-0.2, 0) is 14.8 Å². The van der Waals surface area contributed by atoms with E-state index >= 15 is 0 Å². The van der Waals surface area contributed by atoms with Crippen molar-refractivity contribution in [2.24, 2.45) is 5.41 Å². The van der Waals surface area contributed by atoms with Gasteiger partial charge in [-0.15, -0.1) is 0 Å². The first-order valence-corrected chi connectivity index (χ1v) is 8.78. The van der Waals surface area contributed by atoms with Crippen LogP contribution >= 0.6 is 0 Å². The molecule has 0 aliphatic carbocycles. The minimum atomic E-state index is -3.28. The van der Waals surface area contributed by atoms with Crippen molar-refractivity contribution in [3.05, 3.63) is 24.3 Å². The summed E-state index contributed by atoms with van der Waals surface area (Å²) in [6.45, 7) is 3.67. The van der Waals surface area contributed by atoms with Crippen molar-refractivity contribution >= 4 is 27.3 Å². The fraction of sp³-hybridized carbons (Fsp3) is 0.500. The van der Waals surface area contributed by atoms with Gasteiger partial charge in [0.25, 0.3) is 0 Å². The van der Waals surface area contributed by atoms with Crippen molar-refractivity contribution < 1.29 is 13.2 Å². The Labute approximate surface area is 125 Å². The standard InChI is InChI=1S/C14H21N3O3S/c1-14(7-9-15-10-8-14)13(18)16-11-3-5-12(6-4-11)17-21(2,19)20/h3-6,15,17H,7-10H2,1-2H3,(H,16,18). The maximum absolute atomic E-state index is 12.4. The minimum absolute atomic E-state index is 0.00724. The SMILES string of the molecule is CC1(C(=O)Nc2ccc(NS(C)(=O)=O)cc2)CCNCC1. The smallest absolute Gasteiger partial charge is 0.230 e. The quantitative estimate of drug-likeness (QED) is 0.784. The number of hydrogen-bond acceptors (Lipinski definition) is 4. The van der Waals surface area contributed by atoms with Crippen molar-refractivity contribution in [3.8, 4) is 0 Å². The van der Waals surface area contributed by atoms with Gasteiger partial charge in [-0.1, -0.05) is 6.92 Å². The summed E-state index contributed by atoms with van der Waals surface area (Å²) in [6.07, 6.45) is 2.72. The molecular weight excluding hydrogens is 290 g/mol. The molecule has 1 heterocycles. The zero-order valence-corrected chi connectivity index (χ0v) is 13.1. The highest BCUT2D eigenvalue weighted by atomic mass is 32.2. The van der Waals surface area contributed by atoms with Crippen LogP contribution in [0.5, 0.6) is 0 Å². The van der Waals surface area contributed by atoms with E-state index in [-0.39, 0.29) is 11.3 Å². The summed E-state index contributed by atoms with van der Waals surface area (Å²) in [5.74, 6) is 0.00724. The summed E-state index contributed by atoms with van der Waals surface area (Å²) in [5.41, 5.74) is 0.789. The number of anilines is 2. The highest BCUT2D eigenvalue weighted by Crippen LogP contribution is 2.29. The molecule has 116 valence electrons. The molecule has 0 aromatic heterocycles. The fourth-order valence-electron chi connectivity index (χ4n) is 2.32. The van der Waals surface area contributed by atoms with E-state index in [1.54, 1.807) is 24.3 Å². The third-order valence-corrected chi connectivity index (χ3v) is 4.31. The number of sulfonamides is 1. The second-order valence-electron chi connectivity index (χ2n) is 5.72. The summed E-state index contributed by atoms with van der Waals surface area (Å²) in [5, 5.41) is 6.14. The van der Waals surface area contributed by atoms with Crippen LogP contribution in [0.15, 0.2) is 24.3 Å². The summed E-state index contributed by atoms with van der Waals surface area (Å²) in [4.78, 5) is 12.4. The summed E-state index contributed by atoms with van der Waals surface area (Å²) in [6, 6.07) is 6.63. The van der Waals surface area contributed by atoms with Gasteiger partial charge >= 0.3 is 0 Å². The minimum Gasteiger partial charge on any atom is -0.326 e. The van der Waals surface area contributed by atoms with E-state index in [0.717, 1.165) is 32.2 Å². The molecule has 0 radical (unpaired) electrons. The highest BCUT2D eigenvalue weighted by Gasteiger charge is 2.34. The lowest BCUT2D eigenvalue weighted by Gasteiger charge is -2.32. The average Bonchev–Trinajstić information content (AvgIpc) is 2.40. The van der Waals surface area contributed by atoms with E-state index in [1.165, 1.54) is 0 Å². The molecule has 1 amide bonds. The van der Waals surface area contributed by atoms with Crippen LogP contribution < -0.4 is 15.4 Å². The van der Waals surface area contributed by atoms with Crippen LogP contribution in [0, 0.1) is 5.41 Å². The summed E-state index contributed by atoms with van der Waals surface area (Å²) < 4.78 is 24.6. The second-order valence-corrected chi connectivity index (χ2v) is 7.46. The number of amides is 1. The summed E-state index contributed by atoms with van der Waals surface area (Å²) in [7, 11) is -3.28. The maximum atomic E-state index is 12.4. The number of rotatable bonds is 4. The Kier molecular flexibility index (Phi) is 4.53. The Morgan fingerprint density at radius 2 is 1.67 bits per heavy atom. The fourth-order valence-corrected chi connectivity index (χ4v) is 2.89. The highest BCUT2D eigenvalue weighted by molar-refractivity contribution is 7.92. The molecule has 1 aromatic rings. The molecule has 7 heteroatoms. The second kappa shape index (κ2) is 6.03. The van der Waals surface area contributed by atoms with E-state index in [0.29, 0.717) is 11.4 Å². The molecule has 1 saturated heterocycles. The number of carbonyl (C=O) groups excluding carboxylic acids is 1. The first-order valence-electron chi connectivity index (χ1n) is 6.89. The third-order valence-electron chi connectivity index (χ3n) is 3.70. The van der Waals surface area contributed by atoms with Crippen LogP contribution in [0.3, 0.4) is 0 Å². The molecule has 0 spiro atoms. The predicted molar refractivity (Wildman–Crippen MR) is 83.7 cm³/mol. The van der Waals surface area contributed by atoms with Gasteiger partial charge in [0.1, 0.15) is 0 Å². The molecule has 6 nitrogen and oxygen atoms in total. The van der Waals surface area contributed by atoms with Crippen molar-refractivity contribution in [3.63, 3.8) is 0 Å². The molecule has 1 fully saturated rings. The van der Waals surface area contributed by atoms with Crippen molar-refractivity contribution in [1.29, 1.82) is 0 Å². The van der Waals surface area contributed by atoms with Gasteiger partial charge in [-0.25, -0.2) is 8.42 Å². The number of benzene rings is 1. The number of hydrogen-bond donors (Lipinski definition) is 3. The average molecular weight is 311 g/mol. The number of piperidine rings is 1. The Morgan fingerprint density at radius 1 is 1.14 bits per heavy atom. The van der Waals surface area contributed by atoms with Gasteiger partial charge in [0, 0.05) is 16.8 Å². The lowest BCUT2D eigenvalue weighted by Crippen LogP contribution is -2.42. The normalized spacial score (nSPS) is 18.0. The zero-order chi connectivity index (χ0) is 15.5. The molecule has 3 N–H and O–H groups in total. The molecule has 1 aliphatic rings. The van der Waals surface area contributed by atoms with Gasteiger partial charge in [0.15, 0.2) is 0 Å². The van der Waals surface area contributed by atoms with Gasteiger partial charge < -0.3 is 10.6 Å². The topological polar surface area (TPSA) is 87.3 Å². The molecule has 0 atom stereocenters.